The zero-order chi connectivity index (χ0) is 15.3. The molecule has 3 N–H and O–H groups in total. The Hall–Kier alpha value is -2.36. The van der Waals surface area contributed by atoms with Crippen molar-refractivity contribution in [2.45, 2.75) is 11.8 Å². The lowest BCUT2D eigenvalue weighted by molar-refractivity contribution is 0.600. The standard InChI is InChI=1S/C15H15N3O2S/c1-12-6-7-13(4-2-8-16)10-15(12)21(19,20)18-14-5-3-9-17-11-14/h3,5-7,9-11,18H,8,16H2,1H3. The van der Waals surface area contributed by atoms with Crippen LogP contribution in [-0.4, -0.2) is 19.9 Å². The van der Waals surface area contributed by atoms with Crippen LogP contribution in [0, 0.1) is 18.8 Å². The van der Waals surface area contributed by atoms with E-state index in [1.54, 1.807) is 37.4 Å². The highest BCUT2D eigenvalue weighted by atomic mass is 32.2. The molecule has 2 aromatic rings. The van der Waals surface area contributed by atoms with Crippen molar-refractivity contribution in [1.29, 1.82) is 0 Å². The third-order valence-corrected chi connectivity index (χ3v) is 4.25. The van der Waals surface area contributed by atoms with Gasteiger partial charge in [-0.2, -0.15) is 0 Å². The molecule has 2 rings (SSSR count). The summed E-state index contributed by atoms with van der Waals surface area (Å²) in [6.07, 6.45) is 3.02. The van der Waals surface area contributed by atoms with Crippen LogP contribution in [-0.2, 0) is 10.0 Å². The highest BCUT2D eigenvalue weighted by Gasteiger charge is 2.17. The monoisotopic (exact) mass is 301 g/mol. The van der Waals surface area contributed by atoms with Crippen molar-refractivity contribution in [1.82, 2.24) is 4.98 Å². The van der Waals surface area contributed by atoms with Gasteiger partial charge in [0, 0.05) is 11.8 Å². The number of nitrogens with one attached hydrogen (secondary N) is 1. The van der Waals surface area contributed by atoms with Gasteiger partial charge >= 0.3 is 0 Å². The minimum Gasteiger partial charge on any atom is -0.320 e. The largest absolute Gasteiger partial charge is 0.320 e. The number of hydrogen-bond acceptors (Lipinski definition) is 4. The van der Waals surface area contributed by atoms with Gasteiger partial charge in [0.2, 0.25) is 0 Å². The molecular formula is C15H15N3O2S. The lowest BCUT2D eigenvalue weighted by Gasteiger charge is -2.10. The van der Waals surface area contributed by atoms with E-state index in [4.69, 9.17) is 5.73 Å². The average Bonchev–Trinajstić information content (AvgIpc) is 2.47. The SMILES string of the molecule is Cc1ccc(C#CCN)cc1S(=O)(=O)Nc1cccnc1. The third-order valence-electron chi connectivity index (χ3n) is 2.73. The molecule has 0 saturated heterocycles. The quantitative estimate of drug-likeness (QED) is 0.841. The van der Waals surface area contributed by atoms with Gasteiger partial charge in [0.25, 0.3) is 10.0 Å². The molecule has 0 radical (unpaired) electrons. The fraction of sp³-hybridized carbons (Fsp3) is 0.133. The van der Waals surface area contributed by atoms with E-state index < -0.39 is 10.0 Å². The van der Waals surface area contributed by atoms with Crippen LogP contribution in [0.4, 0.5) is 5.69 Å². The molecule has 5 nitrogen and oxygen atoms in total. The molecule has 0 aliphatic carbocycles. The fourth-order valence-corrected chi connectivity index (χ4v) is 3.07. The summed E-state index contributed by atoms with van der Waals surface area (Å²) < 4.78 is 27.4. The number of nitrogens with two attached hydrogens (primary N) is 1. The number of anilines is 1. The van der Waals surface area contributed by atoms with Crippen molar-refractivity contribution in [3.63, 3.8) is 0 Å². The van der Waals surface area contributed by atoms with E-state index in [1.807, 2.05) is 0 Å². The van der Waals surface area contributed by atoms with Gasteiger partial charge in [-0.3, -0.25) is 9.71 Å². The molecule has 0 unspecified atom stereocenters. The van der Waals surface area contributed by atoms with E-state index in [-0.39, 0.29) is 11.4 Å². The first-order chi connectivity index (χ1) is 10.0. The van der Waals surface area contributed by atoms with Crippen LogP contribution in [0.2, 0.25) is 0 Å². The van der Waals surface area contributed by atoms with E-state index in [1.165, 1.54) is 12.3 Å². The van der Waals surface area contributed by atoms with E-state index in [0.29, 0.717) is 16.8 Å². The zero-order valence-electron chi connectivity index (χ0n) is 11.5. The van der Waals surface area contributed by atoms with Crippen LogP contribution in [0.25, 0.3) is 0 Å². The Kier molecular flexibility index (Phi) is 4.58. The third kappa shape index (κ3) is 3.81. The van der Waals surface area contributed by atoms with Crippen molar-refractivity contribution >= 4 is 15.7 Å². The zero-order valence-corrected chi connectivity index (χ0v) is 12.3. The molecule has 0 atom stereocenters. The molecule has 0 fully saturated rings. The lowest BCUT2D eigenvalue weighted by Crippen LogP contribution is -2.14. The van der Waals surface area contributed by atoms with Crippen molar-refractivity contribution in [3.8, 4) is 11.8 Å². The minimum atomic E-state index is -3.68. The smallest absolute Gasteiger partial charge is 0.262 e. The Balaban J connectivity index is 2.39. The molecular weight excluding hydrogens is 286 g/mol. The maximum Gasteiger partial charge on any atom is 0.262 e. The Bertz CT molecular complexity index is 791. The molecule has 0 amide bonds. The number of aryl methyl sites for hydroxylation is 1. The Morgan fingerprint density at radius 3 is 2.81 bits per heavy atom. The van der Waals surface area contributed by atoms with E-state index in [2.05, 4.69) is 21.5 Å². The summed E-state index contributed by atoms with van der Waals surface area (Å²) in [5, 5.41) is 0. The summed E-state index contributed by atoms with van der Waals surface area (Å²) >= 11 is 0. The Morgan fingerprint density at radius 1 is 1.33 bits per heavy atom. The average molecular weight is 301 g/mol. The predicted octanol–water partition coefficient (Wildman–Crippen LogP) is 1.50. The number of nitrogens with zero attached hydrogens (tertiary/aromatic N) is 1. The van der Waals surface area contributed by atoms with Crippen LogP contribution in [0.1, 0.15) is 11.1 Å². The molecule has 0 spiro atoms. The molecule has 1 heterocycles. The summed E-state index contributed by atoms with van der Waals surface area (Å²) in [5.74, 6) is 5.53. The number of rotatable bonds is 3. The van der Waals surface area contributed by atoms with Gasteiger partial charge < -0.3 is 5.73 Å². The Morgan fingerprint density at radius 2 is 2.14 bits per heavy atom. The maximum absolute atomic E-state index is 12.4. The van der Waals surface area contributed by atoms with Crippen molar-refractivity contribution in [2.24, 2.45) is 5.73 Å². The summed E-state index contributed by atoms with van der Waals surface area (Å²) in [6.45, 7) is 1.96. The second kappa shape index (κ2) is 6.39. The van der Waals surface area contributed by atoms with E-state index >= 15 is 0 Å². The van der Waals surface area contributed by atoms with Gasteiger partial charge in [-0.1, -0.05) is 17.9 Å². The maximum atomic E-state index is 12.4. The van der Waals surface area contributed by atoms with Crippen molar-refractivity contribution < 1.29 is 8.42 Å². The first kappa shape index (κ1) is 15.0. The van der Waals surface area contributed by atoms with Gasteiger partial charge in [0.15, 0.2) is 0 Å². The molecule has 6 heteroatoms. The normalized spacial score (nSPS) is 10.6. The number of pyridine rings is 1. The van der Waals surface area contributed by atoms with Gasteiger partial charge in [-0.05, 0) is 36.8 Å². The number of benzene rings is 1. The molecule has 1 aromatic carbocycles. The second-order valence-corrected chi connectivity index (χ2v) is 5.98. The van der Waals surface area contributed by atoms with Crippen LogP contribution in [0.15, 0.2) is 47.6 Å². The highest BCUT2D eigenvalue weighted by Crippen LogP contribution is 2.20. The first-order valence-electron chi connectivity index (χ1n) is 6.25. The van der Waals surface area contributed by atoms with Gasteiger partial charge in [-0.25, -0.2) is 8.42 Å². The Labute approximate surface area is 124 Å². The molecule has 108 valence electrons. The van der Waals surface area contributed by atoms with Crippen molar-refractivity contribution in [2.75, 3.05) is 11.3 Å². The number of sulfonamides is 1. The summed E-state index contributed by atoms with van der Waals surface area (Å²) in [4.78, 5) is 4.07. The van der Waals surface area contributed by atoms with Crippen LogP contribution in [0.5, 0.6) is 0 Å². The van der Waals surface area contributed by atoms with E-state index in [9.17, 15) is 8.42 Å². The molecule has 0 aliphatic heterocycles. The highest BCUT2D eigenvalue weighted by molar-refractivity contribution is 7.92. The topological polar surface area (TPSA) is 85.1 Å². The molecule has 21 heavy (non-hydrogen) atoms. The predicted molar refractivity (Wildman–Crippen MR) is 82.2 cm³/mol. The summed E-state index contributed by atoms with van der Waals surface area (Å²) in [7, 11) is -3.68. The van der Waals surface area contributed by atoms with Crippen molar-refractivity contribution in [3.05, 3.63) is 53.9 Å². The fourth-order valence-electron chi connectivity index (χ4n) is 1.75. The van der Waals surface area contributed by atoms with Crippen LogP contribution < -0.4 is 10.5 Å². The summed E-state index contributed by atoms with van der Waals surface area (Å²) in [6, 6.07) is 8.32. The van der Waals surface area contributed by atoms with Crippen LogP contribution >= 0.6 is 0 Å². The molecule has 1 aromatic heterocycles. The van der Waals surface area contributed by atoms with Gasteiger partial charge in [-0.15, -0.1) is 0 Å². The van der Waals surface area contributed by atoms with E-state index in [0.717, 1.165) is 0 Å². The molecule has 0 saturated carbocycles. The first-order valence-corrected chi connectivity index (χ1v) is 7.73. The van der Waals surface area contributed by atoms with Crippen LogP contribution in [0.3, 0.4) is 0 Å². The molecule has 0 bridgehead atoms. The molecule has 0 aliphatic rings. The second-order valence-electron chi connectivity index (χ2n) is 4.33. The summed E-state index contributed by atoms with van der Waals surface area (Å²) in [5.41, 5.74) is 6.99. The van der Waals surface area contributed by atoms with Gasteiger partial charge in [0.1, 0.15) is 0 Å². The minimum absolute atomic E-state index is 0.190. The number of hydrogen-bond donors (Lipinski definition) is 2. The lowest BCUT2D eigenvalue weighted by atomic mass is 10.1. The van der Waals surface area contributed by atoms with Gasteiger partial charge in [0.05, 0.1) is 23.3 Å². The number of aromatic nitrogens is 1.